The molecule has 1 aromatic rings. The molecule has 2 saturated carbocycles. The normalized spacial score (nSPS) is 25.6. The van der Waals surface area contributed by atoms with Gasteiger partial charge in [0.2, 0.25) is 11.8 Å². The van der Waals surface area contributed by atoms with E-state index >= 15 is 0 Å². The zero-order valence-electron chi connectivity index (χ0n) is 20.5. The fourth-order valence-electron chi connectivity index (χ4n) is 5.48. The van der Waals surface area contributed by atoms with E-state index < -0.39 is 17.4 Å². The second kappa shape index (κ2) is 12.0. The quantitative estimate of drug-likeness (QED) is 0.498. The van der Waals surface area contributed by atoms with Gasteiger partial charge >= 0.3 is 5.97 Å². The number of carboxylic acid groups (broad SMARTS) is 1. The Bertz CT molecular complexity index is 866. The number of carboxylic acids is 1. The summed E-state index contributed by atoms with van der Waals surface area (Å²) in [6.07, 6.45) is 6.74. The van der Waals surface area contributed by atoms with Gasteiger partial charge in [0.05, 0.1) is 26.4 Å². The molecule has 2 N–H and O–H groups in total. The van der Waals surface area contributed by atoms with Crippen LogP contribution in [0.25, 0.3) is 0 Å². The third-order valence-corrected chi connectivity index (χ3v) is 7.76. The zero-order valence-corrected chi connectivity index (χ0v) is 20.5. The molecule has 1 saturated heterocycles. The number of morpholine rings is 1. The molecule has 2 amide bonds. The third-order valence-electron chi connectivity index (χ3n) is 7.76. The first-order valence-corrected chi connectivity index (χ1v) is 13.0. The highest BCUT2D eigenvalue weighted by Crippen LogP contribution is 2.44. The lowest BCUT2D eigenvalue weighted by Crippen LogP contribution is -2.49. The fourth-order valence-corrected chi connectivity index (χ4v) is 5.48. The number of hydrogen-bond donors (Lipinski definition) is 2. The molecule has 8 nitrogen and oxygen atoms in total. The first kappa shape index (κ1) is 25.6. The molecule has 1 aromatic carbocycles. The lowest BCUT2D eigenvalue weighted by molar-refractivity contribution is -0.145. The predicted molar refractivity (Wildman–Crippen MR) is 129 cm³/mol. The zero-order chi connectivity index (χ0) is 24.7. The summed E-state index contributed by atoms with van der Waals surface area (Å²) >= 11 is 0. The Morgan fingerprint density at radius 3 is 2.51 bits per heavy atom. The van der Waals surface area contributed by atoms with Crippen molar-refractivity contribution >= 4 is 17.8 Å². The van der Waals surface area contributed by atoms with Gasteiger partial charge in [0, 0.05) is 31.3 Å². The third kappa shape index (κ3) is 6.82. The van der Waals surface area contributed by atoms with Crippen LogP contribution in [0.2, 0.25) is 0 Å². The summed E-state index contributed by atoms with van der Waals surface area (Å²) in [5.41, 5.74) is -0.284. The molecule has 3 fully saturated rings. The molecule has 4 rings (SSSR count). The standard InChI is InChI=1S/C27H38N2O6/c30-24(29-11-13-34-14-12-29)16-22(15-20-7-3-1-4-8-20)25(31)28-27(26(32)33)17-23(27)19-35-18-21-9-5-2-6-10-21/h2,5-6,9-10,20,22-23H,1,3-4,7-8,11-19H2,(H,28,31)(H,32,33)/t22-,23+,27+/m1/s1. The first-order chi connectivity index (χ1) is 17.0. The molecule has 3 aliphatic rings. The van der Waals surface area contributed by atoms with E-state index in [0.29, 0.717) is 51.7 Å². The van der Waals surface area contributed by atoms with Crippen molar-refractivity contribution in [3.63, 3.8) is 0 Å². The Hall–Kier alpha value is -2.45. The maximum atomic E-state index is 13.4. The van der Waals surface area contributed by atoms with Gasteiger partial charge < -0.3 is 24.8 Å². The van der Waals surface area contributed by atoms with Crippen LogP contribution in [0, 0.1) is 17.8 Å². The smallest absolute Gasteiger partial charge is 0.329 e. The van der Waals surface area contributed by atoms with Gasteiger partial charge in [-0.3, -0.25) is 9.59 Å². The van der Waals surface area contributed by atoms with Gasteiger partial charge in [0.15, 0.2) is 0 Å². The van der Waals surface area contributed by atoms with E-state index in [1.165, 1.54) is 6.42 Å². The summed E-state index contributed by atoms with van der Waals surface area (Å²) in [6, 6.07) is 9.72. The number of nitrogens with zero attached hydrogens (tertiary/aromatic N) is 1. The van der Waals surface area contributed by atoms with E-state index in [4.69, 9.17) is 9.47 Å². The highest BCUT2D eigenvalue weighted by molar-refractivity contribution is 5.92. The summed E-state index contributed by atoms with van der Waals surface area (Å²) in [7, 11) is 0. The molecule has 35 heavy (non-hydrogen) atoms. The number of rotatable bonds is 11. The average molecular weight is 487 g/mol. The van der Waals surface area contributed by atoms with Crippen molar-refractivity contribution in [3.8, 4) is 0 Å². The van der Waals surface area contributed by atoms with Gasteiger partial charge in [0.1, 0.15) is 5.54 Å². The van der Waals surface area contributed by atoms with Gasteiger partial charge in [-0.15, -0.1) is 0 Å². The van der Waals surface area contributed by atoms with Crippen LogP contribution in [-0.2, 0) is 30.5 Å². The molecule has 0 unspecified atom stereocenters. The summed E-state index contributed by atoms with van der Waals surface area (Å²) in [4.78, 5) is 40.3. The Balaban J connectivity index is 1.36. The Morgan fingerprint density at radius 1 is 1.11 bits per heavy atom. The highest BCUT2D eigenvalue weighted by Gasteiger charge is 2.62. The van der Waals surface area contributed by atoms with E-state index in [1.54, 1.807) is 4.90 Å². The van der Waals surface area contributed by atoms with Crippen LogP contribution in [0.1, 0.15) is 56.9 Å². The van der Waals surface area contributed by atoms with Crippen molar-refractivity contribution in [2.75, 3.05) is 32.9 Å². The largest absolute Gasteiger partial charge is 0.479 e. The predicted octanol–water partition coefficient (Wildman–Crippen LogP) is 3.00. The molecule has 8 heteroatoms. The minimum Gasteiger partial charge on any atom is -0.479 e. The van der Waals surface area contributed by atoms with E-state index in [1.807, 2.05) is 30.3 Å². The van der Waals surface area contributed by atoms with Crippen LogP contribution < -0.4 is 5.32 Å². The van der Waals surface area contributed by atoms with Crippen molar-refractivity contribution in [2.45, 2.75) is 63.5 Å². The number of carbonyl (C=O) groups is 3. The van der Waals surface area contributed by atoms with Crippen LogP contribution in [0.15, 0.2) is 30.3 Å². The maximum absolute atomic E-state index is 13.4. The van der Waals surface area contributed by atoms with E-state index in [0.717, 1.165) is 31.2 Å². The van der Waals surface area contributed by atoms with E-state index in [9.17, 15) is 19.5 Å². The number of benzene rings is 1. The summed E-state index contributed by atoms with van der Waals surface area (Å²) < 4.78 is 11.1. The second-order valence-corrected chi connectivity index (χ2v) is 10.3. The Morgan fingerprint density at radius 2 is 1.83 bits per heavy atom. The summed E-state index contributed by atoms with van der Waals surface area (Å²) in [5.74, 6) is -1.79. The topological polar surface area (TPSA) is 105 Å². The van der Waals surface area contributed by atoms with Gasteiger partial charge in [-0.05, 0) is 24.3 Å². The molecule has 0 bridgehead atoms. The molecule has 1 aliphatic heterocycles. The fraction of sp³-hybridized carbons (Fsp3) is 0.667. The molecule has 0 spiro atoms. The number of carbonyl (C=O) groups excluding carboxylic acids is 2. The molecule has 2 aliphatic carbocycles. The molecule has 0 radical (unpaired) electrons. The van der Waals surface area contributed by atoms with Gasteiger partial charge in [-0.2, -0.15) is 0 Å². The highest BCUT2D eigenvalue weighted by atomic mass is 16.5. The molecule has 1 heterocycles. The maximum Gasteiger partial charge on any atom is 0.329 e. The number of aliphatic carboxylic acids is 1. The summed E-state index contributed by atoms with van der Waals surface area (Å²) in [6.45, 7) is 2.77. The minimum absolute atomic E-state index is 0.0489. The Kier molecular flexibility index (Phi) is 8.78. The average Bonchev–Trinajstić information content (AvgIpc) is 3.59. The first-order valence-electron chi connectivity index (χ1n) is 13.0. The number of ether oxygens (including phenoxy) is 2. The van der Waals surface area contributed by atoms with Gasteiger partial charge in [-0.25, -0.2) is 4.79 Å². The van der Waals surface area contributed by atoms with E-state index in [-0.39, 0.29) is 30.8 Å². The molecular weight excluding hydrogens is 448 g/mol. The minimum atomic E-state index is -1.30. The molecule has 0 aromatic heterocycles. The molecule has 192 valence electrons. The molecular formula is C27H38N2O6. The molecule has 3 atom stereocenters. The van der Waals surface area contributed by atoms with Crippen LogP contribution in [-0.4, -0.2) is 66.2 Å². The van der Waals surface area contributed by atoms with Crippen molar-refractivity contribution in [2.24, 2.45) is 17.8 Å². The number of nitrogens with one attached hydrogen (secondary N) is 1. The van der Waals surface area contributed by atoms with Crippen LogP contribution in [0.5, 0.6) is 0 Å². The van der Waals surface area contributed by atoms with Gasteiger partial charge in [-0.1, -0.05) is 62.4 Å². The number of hydrogen-bond acceptors (Lipinski definition) is 5. The van der Waals surface area contributed by atoms with Crippen molar-refractivity contribution in [1.29, 1.82) is 0 Å². The Labute approximate surface area is 207 Å². The van der Waals surface area contributed by atoms with Crippen molar-refractivity contribution < 1.29 is 29.0 Å². The number of amides is 2. The van der Waals surface area contributed by atoms with Crippen LogP contribution in [0.4, 0.5) is 0 Å². The van der Waals surface area contributed by atoms with Crippen LogP contribution in [0.3, 0.4) is 0 Å². The van der Waals surface area contributed by atoms with Crippen molar-refractivity contribution in [3.05, 3.63) is 35.9 Å². The lowest BCUT2D eigenvalue weighted by Gasteiger charge is -2.30. The monoisotopic (exact) mass is 486 g/mol. The summed E-state index contributed by atoms with van der Waals surface area (Å²) in [5, 5.41) is 12.8. The van der Waals surface area contributed by atoms with Crippen LogP contribution >= 0.6 is 0 Å². The SMILES string of the molecule is O=C(N[C@@]1(C(=O)O)C[C@H]1COCc1ccccc1)[C@@H](CC(=O)N1CCOCC1)CC1CCCCC1. The van der Waals surface area contributed by atoms with Gasteiger partial charge in [0.25, 0.3) is 0 Å². The van der Waals surface area contributed by atoms with Crippen molar-refractivity contribution in [1.82, 2.24) is 10.2 Å². The van der Waals surface area contributed by atoms with E-state index in [2.05, 4.69) is 5.32 Å². The second-order valence-electron chi connectivity index (χ2n) is 10.3. The lowest BCUT2D eigenvalue weighted by atomic mass is 9.81.